The highest BCUT2D eigenvalue weighted by atomic mass is 16.2. The van der Waals surface area contributed by atoms with Crippen molar-refractivity contribution < 1.29 is 14.4 Å². The zero-order chi connectivity index (χ0) is 31.3. The van der Waals surface area contributed by atoms with Crippen LogP contribution >= 0.6 is 0 Å². The van der Waals surface area contributed by atoms with Gasteiger partial charge in [0, 0.05) is 38.8 Å². The van der Waals surface area contributed by atoms with Gasteiger partial charge in [-0.05, 0) is 34.6 Å². The van der Waals surface area contributed by atoms with Crippen molar-refractivity contribution >= 4 is 30.2 Å². The van der Waals surface area contributed by atoms with E-state index in [1.807, 2.05) is 38.0 Å². The third-order valence-corrected chi connectivity index (χ3v) is 6.65. The number of unbranched alkanes of at least 4 members (excludes halogenated alkanes) is 13. The number of amides is 3. The molecule has 10 nitrogen and oxygen atoms in total. The lowest BCUT2D eigenvalue weighted by atomic mass is 10.0. The molecule has 0 aliphatic rings. The SMILES string of the molecule is CCCCCCCCCCCCCCCCNC(=O)C=C(CN=CC(=O)NCCN(C)C)N=CC(=O)NCCN(C)C. The van der Waals surface area contributed by atoms with Gasteiger partial charge < -0.3 is 25.8 Å². The van der Waals surface area contributed by atoms with Gasteiger partial charge in [-0.2, -0.15) is 0 Å². The molecule has 0 saturated heterocycles. The molecule has 0 radical (unpaired) electrons. The first-order valence-electron chi connectivity index (χ1n) is 16.1. The van der Waals surface area contributed by atoms with Crippen LogP contribution in [-0.2, 0) is 14.4 Å². The van der Waals surface area contributed by atoms with Crippen molar-refractivity contribution in [1.29, 1.82) is 0 Å². The lowest BCUT2D eigenvalue weighted by Crippen LogP contribution is -2.32. The maximum absolute atomic E-state index is 12.5. The van der Waals surface area contributed by atoms with Crippen molar-refractivity contribution in [3.8, 4) is 0 Å². The van der Waals surface area contributed by atoms with Gasteiger partial charge in [0.1, 0.15) is 0 Å². The number of nitrogens with zero attached hydrogens (tertiary/aromatic N) is 4. The second-order valence-corrected chi connectivity index (χ2v) is 11.4. The standard InChI is InChI=1S/C32H61N7O3/c1-6-7-8-9-10-11-12-13-14-15-16-17-18-19-20-34-30(40)25-29(37-28-32(42)36-22-24-39(4)5)26-33-27-31(41)35-21-23-38(2)3/h25,27-28H,6-24,26H2,1-5H3,(H,34,40)(H,35,41)(H,36,42). The van der Waals surface area contributed by atoms with E-state index in [2.05, 4.69) is 32.9 Å². The van der Waals surface area contributed by atoms with Crippen molar-refractivity contribution in [3.05, 3.63) is 11.8 Å². The van der Waals surface area contributed by atoms with Gasteiger partial charge in [-0.25, -0.2) is 0 Å². The molecule has 0 aromatic rings. The number of hydrogen-bond acceptors (Lipinski definition) is 7. The first-order chi connectivity index (χ1) is 20.2. The number of nitrogens with one attached hydrogen (secondary N) is 3. The van der Waals surface area contributed by atoms with Crippen LogP contribution in [0.15, 0.2) is 21.8 Å². The minimum absolute atomic E-state index is 0.00879. The predicted octanol–water partition coefficient (Wildman–Crippen LogP) is 3.97. The minimum Gasteiger partial charge on any atom is -0.352 e. The Hall–Kier alpha value is -2.59. The largest absolute Gasteiger partial charge is 0.352 e. The Kier molecular flexibility index (Phi) is 26.8. The maximum Gasteiger partial charge on any atom is 0.262 e. The monoisotopic (exact) mass is 591 g/mol. The van der Waals surface area contributed by atoms with Crippen molar-refractivity contribution in [2.45, 2.75) is 96.8 Å². The first-order valence-corrected chi connectivity index (χ1v) is 16.1. The minimum atomic E-state index is -0.351. The fraction of sp³-hybridized carbons (Fsp3) is 0.781. The van der Waals surface area contributed by atoms with E-state index in [1.54, 1.807) is 0 Å². The Labute approximate surface area is 256 Å². The molecule has 0 spiro atoms. The summed E-state index contributed by atoms with van der Waals surface area (Å²) < 4.78 is 0. The van der Waals surface area contributed by atoms with Gasteiger partial charge in [0.2, 0.25) is 5.91 Å². The Bertz CT molecular complexity index is 795. The maximum atomic E-state index is 12.5. The lowest BCUT2D eigenvalue weighted by Gasteiger charge is -2.09. The molecular weight excluding hydrogens is 530 g/mol. The summed E-state index contributed by atoms with van der Waals surface area (Å²) in [6, 6.07) is 0. The molecule has 0 aliphatic carbocycles. The van der Waals surface area contributed by atoms with Crippen LogP contribution in [0.1, 0.15) is 96.8 Å². The van der Waals surface area contributed by atoms with Crippen molar-refractivity contribution in [1.82, 2.24) is 25.8 Å². The molecule has 0 unspecified atom stereocenters. The van der Waals surface area contributed by atoms with Crippen LogP contribution in [0.4, 0.5) is 0 Å². The van der Waals surface area contributed by atoms with Crippen molar-refractivity contribution in [3.63, 3.8) is 0 Å². The lowest BCUT2D eigenvalue weighted by molar-refractivity contribution is -0.117. The second kappa shape index (κ2) is 28.5. The first kappa shape index (κ1) is 39.4. The Balaban J connectivity index is 4.41. The van der Waals surface area contributed by atoms with Crippen molar-refractivity contribution in [2.24, 2.45) is 9.98 Å². The number of likely N-dealkylation sites (N-methyl/N-ethyl adjacent to an activating group) is 2. The number of carbonyl (C=O) groups excluding carboxylic acids is 3. The number of hydrogen-bond donors (Lipinski definition) is 3. The molecule has 3 N–H and O–H groups in total. The third kappa shape index (κ3) is 28.9. The third-order valence-electron chi connectivity index (χ3n) is 6.65. The number of rotatable bonds is 27. The number of carbonyl (C=O) groups is 3. The summed E-state index contributed by atoms with van der Waals surface area (Å²) in [5.74, 6) is -0.949. The quantitative estimate of drug-likeness (QED) is 0.0759. The molecule has 0 heterocycles. The van der Waals surface area contributed by atoms with E-state index in [0.29, 0.717) is 31.9 Å². The molecule has 0 saturated carbocycles. The van der Waals surface area contributed by atoms with E-state index in [4.69, 9.17) is 0 Å². The summed E-state index contributed by atoms with van der Waals surface area (Å²) in [5.41, 5.74) is 0.300. The van der Waals surface area contributed by atoms with Crippen LogP contribution in [0, 0.1) is 0 Å². The highest BCUT2D eigenvalue weighted by Crippen LogP contribution is 2.12. The van der Waals surface area contributed by atoms with E-state index in [-0.39, 0.29) is 24.3 Å². The van der Waals surface area contributed by atoms with Crippen LogP contribution in [0.25, 0.3) is 0 Å². The van der Waals surface area contributed by atoms with E-state index < -0.39 is 0 Å². The second-order valence-electron chi connectivity index (χ2n) is 11.4. The summed E-state index contributed by atoms with van der Waals surface area (Å²) in [4.78, 5) is 48.7. The summed E-state index contributed by atoms with van der Waals surface area (Å²) >= 11 is 0. The summed E-state index contributed by atoms with van der Waals surface area (Å²) in [7, 11) is 7.70. The van der Waals surface area contributed by atoms with Gasteiger partial charge in [-0.1, -0.05) is 90.4 Å². The van der Waals surface area contributed by atoms with Gasteiger partial charge in [0.15, 0.2) is 0 Å². The molecule has 242 valence electrons. The zero-order valence-electron chi connectivity index (χ0n) is 27.4. The fourth-order valence-corrected chi connectivity index (χ4v) is 4.12. The molecule has 0 fully saturated rings. The molecule has 10 heteroatoms. The van der Waals surface area contributed by atoms with Gasteiger partial charge in [-0.15, -0.1) is 0 Å². The Morgan fingerprint density at radius 3 is 1.48 bits per heavy atom. The summed E-state index contributed by atoms with van der Waals surface area (Å²) in [6.45, 7) is 5.28. The van der Waals surface area contributed by atoms with E-state index >= 15 is 0 Å². The Morgan fingerprint density at radius 1 is 0.571 bits per heavy atom. The van der Waals surface area contributed by atoms with E-state index in [0.717, 1.165) is 25.6 Å². The molecule has 0 rings (SSSR count). The van der Waals surface area contributed by atoms with E-state index in [9.17, 15) is 14.4 Å². The molecule has 0 atom stereocenters. The molecular formula is C32H61N7O3. The van der Waals surface area contributed by atoms with Crippen molar-refractivity contribution in [2.75, 3.05) is 67.5 Å². The van der Waals surface area contributed by atoms with Crippen LogP contribution in [-0.4, -0.2) is 107 Å². The van der Waals surface area contributed by atoms with Crippen LogP contribution < -0.4 is 16.0 Å². The zero-order valence-corrected chi connectivity index (χ0v) is 27.4. The highest BCUT2D eigenvalue weighted by molar-refractivity contribution is 6.27. The van der Waals surface area contributed by atoms with Gasteiger partial charge >= 0.3 is 0 Å². The van der Waals surface area contributed by atoms with Gasteiger partial charge in [-0.3, -0.25) is 24.4 Å². The van der Waals surface area contributed by atoms with E-state index in [1.165, 1.54) is 89.3 Å². The molecule has 0 bridgehead atoms. The van der Waals surface area contributed by atoms with Crippen LogP contribution in [0.3, 0.4) is 0 Å². The summed E-state index contributed by atoms with van der Waals surface area (Å²) in [5, 5.41) is 8.39. The summed E-state index contributed by atoms with van der Waals surface area (Å²) in [6.07, 6.45) is 21.7. The Morgan fingerprint density at radius 2 is 1.00 bits per heavy atom. The average molecular weight is 592 g/mol. The van der Waals surface area contributed by atoms with Gasteiger partial charge in [0.25, 0.3) is 11.8 Å². The number of aliphatic imine (C=N–C) groups is 2. The smallest absolute Gasteiger partial charge is 0.262 e. The normalized spacial score (nSPS) is 12.1. The van der Waals surface area contributed by atoms with Crippen LogP contribution in [0.5, 0.6) is 0 Å². The molecule has 0 aromatic heterocycles. The van der Waals surface area contributed by atoms with Gasteiger partial charge in [0.05, 0.1) is 24.7 Å². The topological polar surface area (TPSA) is 118 Å². The predicted molar refractivity (Wildman–Crippen MR) is 176 cm³/mol. The average Bonchev–Trinajstić information content (AvgIpc) is 2.93. The molecule has 0 aromatic carbocycles. The van der Waals surface area contributed by atoms with Crippen LogP contribution in [0.2, 0.25) is 0 Å². The molecule has 3 amide bonds. The fourth-order valence-electron chi connectivity index (χ4n) is 4.12. The molecule has 0 aliphatic heterocycles. The highest BCUT2D eigenvalue weighted by Gasteiger charge is 2.04. The molecule has 42 heavy (non-hydrogen) atoms.